The molecule has 0 spiro atoms. The lowest BCUT2D eigenvalue weighted by atomic mass is 10.1. The number of nitrogens with zero attached hydrogens (tertiary/aromatic N) is 1. The van der Waals surface area contributed by atoms with E-state index in [1.165, 1.54) is 0 Å². The maximum Gasteiger partial charge on any atom is 0.267 e. The average molecular weight is 483 g/mol. The third kappa shape index (κ3) is 6.60. The van der Waals surface area contributed by atoms with Gasteiger partial charge in [-0.1, -0.05) is 42.0 Å². The minimum atomic E-state index is -0.380. The van der Waals surface area contributed by atoms with Crippen molar-refractivity contribution in [3.63, 3.8) is 0 Å². The van der Waals surface area contributed by atoms with Crippen LogP contribution in [0.1, 0.15) is 41.2 Å². The molecular weight excluding hydrogens is 452 g/mol. The second-order valence-corrected chi connectivity index (χ2v) is 8.82. The van der Waals surface area contributed by atoms with Gasteiger partial charge < -0.3 is 20.4 Å². The van der Waals surface area contributed by atoms with Crippen molar-refractivity contribution in [2.45, 2.75) is 33.3 Å². The summed E-state index contributed by atoms with van der Waals surface area (Å²) in [7, 11) is 0. The van der Waals surface area contributed by atoms with Crippen LogP contribution in [-0.2, 0) is 11.2 Å². The Hall–Kier alpha value is -4.39. The van der Waals surface area contributed by atoms with Gasteiger partial charge in [0.05, 0.1) is 17.1 Å². The van der Waals surface area contributed by atoms with Crippen molar-refractivity contribution < 1.29 is 14.3 Å². The predicted molar refractivity (Wildman–Crippen MR) is 142 cm³/mol. The lowest BCUT2D eigenvalue weighted by Crippen LogP contribution is -2.35. The van der Waals surface area contributed by atoms with Gasteiger partial charge in [0.1, 0.15) is 17.3 Å². The topological polar surface area (TPSA) is 96.1 Å². The lowest BCUT2D eigenvalue weighted by molar-refractivity contribution is -0.117. The largest absolute Gasteiger partial charge is 0.491 e. The molecule has 7 heteroatoms. The number of para-hydroxylation sites is 2. The van der Waals surface area contributed by atoms with Crippen molar-refractivity contribution in [1.82, 2.24) is 20.6 Å². The van der Waals surface area contributed by atoms with Crippen molar-refractivity contribution in [3.05, 3.63) is 101 Å². The summed E-state index contributed by atoms with van der Waals surface area (Å²) in [6, 6.07) is 22.4. The first-order valence-corrected chi connectivity index (χ1v) is 12.0. The van der Waals surface area contributed by atoms with Gasteiger partial charge in [0.25, 0.3) is 11.8 Å². The number of aromatic nitrogens is 2. The second kappa shape index (κ2) is 11.4. The van der Waals surface area contributed by atoms with Crippen LogP contribution in [0.5, 0.6) is 5.75 Å². The number of imidazole rings is 1. The zero-order chi connectivity index (χ0) is 25.5. The van der Waals surface area contributed by atoms with Crippen LogP contribution < -0.4 is 15.4 Å². The number of carbonyl (C=O) groups is 2. The molecule has 4 rings (SSSR count). The highest BCUT2D eigenvalue weighted by atomic mass is 16.5. The Balaban J connectivity index is 1.49. The summed E-state index contributed by atoms with van der Waals surface area (Å²) in [5.74, 6) is 0.793. The van der Waals surface area contributed by atoms with E-state index in [0.717, 1.165) is 33.7 Å². The molecule has 0 bridgehead atoms. The van der Waals surface area contributed by atoms with Crippen molar-refractivity contribution in [2.24, 2.45) is 0 Å². The molecule has 0 aliphatic heterocycles. The summed E-state index contributed by atoms with van der Waals surface area (Å²) < 4.78 is 5.69. The number of benzene rings is 3. The number of hydrogen-bond donors (Lipinski definition) is 3. The van der Waals surface area contributed by atoms with Gasteiger partial charge in [0, 0.05) is 18.5 Å². The smallest absolute Gasteiger partial charge is 0.267 e. The molecule has 0 atom stereocenters. The number of amides is 2. The third-order valence-corrected chi connectivity index (χ3v) is 5.42. The van der Waals surface area contributed by atoms with E-state index < -0.39 is 0 Å². The summed E-state index contributed by atoms with van der Waals surface area (Å²) in [5.41, 5.74) is 4.20. The summed E-state index contributed by atoms with van der Waals surface area (Å²) in [5, 5.41) is 5.68. The maximum absolute atomic E-state index is 13.1. The number of carbonyl (C=O) groups excluding carboxylic acids is 2. The molecule has 0 radical (unpaired) electrons. The van der Waals surface area contributed by atoms with Crippen LogP contribution in [0.25, 0.3) is 17.1 Å². The van der Waals surface area contributed by atoms with Gasteiger partial charge in [0.15, 0.2) is 0 Å². The number of aryl methyl sites for hydroxylation is 1. The first kappa shape index (κ1) is 24.7. The van der Waals surface area contributed by atoms with E-state index in [1.54, 1.807) is 18.2 Å². The molecule has 7 nitrogen and oxygen atoms in total. The Morgan fingerprint density at radius 3 is 2.53 bits per heavy atom. The normalized spacial score (nSPS) is 11.5. The Kier molecular flexibility index (Phi) is 7.80. The number of aromatic amines is 1. The van der Waals surface area contributed by atoms with E-state index in [-0.39, 0.29) is 23.6 Å². The molecule has 1 heterocycles. The minimum absolute atomic E-state index is 0.0631. The molecule has 1 aromatic heterocycles. The van der Waals surface area contributed by atoms with Gasteiger partial charge >= 0.3 is 0 Å². The maximum atomic E-state index is 13.1. The molecule has 0 saturated heterocycles. The molecule has 184 valence electrons. The summed E-state index contributed by atoms with van der Waals surface area (Å²) in [4.78, 5) is 33.8. The summed E-state index contributed by atoms with van der Waals surface area (Å²) in [6.07, 6.45) is 2.25. The van der Waals surface area contributed by atoms with Crippen LogP contribution in [0.3, 0.4) is 0 Å². The quantitative estimate of drug-likeness (QED) is 0.299. The number of ether oxygens (including phenoxy) is 1. The van der Waals surface area contributed by atoms with Crippen LogP contribution in [0.15, 0.2) is 78.5 Å². The molecular formula is C29H30N4O3. The average Bonchev–Trinajstić information content (AvgIpc) is 3.27. The van der Waals surface area contributed by atoms with Crippen LogP contribution in [-0.4, -0.2) is 34.4 Å². The monoisotopic (exact) mass is 482 g/mol. The number of H-pyrrole nitrogens is 1. The van der Waals surface area contributed by atoms with Crippen molar-refractivity contribution in [2.75, 3.05) is 6.54 Å². The second-order valence-electron chi connectivity index (χ2n) is 8.82. The van der Waals surface area contributed by atoms with Gasteiger partial charge in [-0.15, -0.1) is 0 Å². The molecule has 3 N–H and O–H groups in total. The SMILES string of the molecule is Cc1cccc(C(=O)NC(=Cc2ccc(OC(C)C)cc2)C(=O)NCCc2nc3ccccc3[nH]2)c1. The van der Waals surface area contributed by atoms with Crippen molar-refractivity contribution >= 4 is 28.9 Å². The highest BCUT2D eigenvalue weighted by molar-refractivity contribution is 6.05. The van der Waals surface area contributed by atoms with Gasteiger partial charge in [-0.3, -0.25) is 9.59 Å². The van der Waals surface area contributed by atoms with Gasteiger partial charge in [-0.25, -0.2) is 4.98 Å². The summed E-state index contributed by atoms with van der Waals surface area (Å²) in [6.45, 7) is 6.20. The number of fused-ring (bicyclic) bond motifs is 1. The van der Waals surface area contributed by atoms with E-state index in [4.69, 9.17) is 4.74 Å². The lowest BCUT2D eigenvalue weighted by Gasteiger charge is -2.12. The highest BCUT2D eigenvalue weighted by Crippen LogP contribution is 2.16. The van der Waals surface area contributed by atoms with E-state index in [0.29, 0.717) is 18.5 Å². The first-order chi connectivity index (χ1) is 17.4. The van der Waals surface area contributed by atoms with E-state index in [9.17, 15) is 9.59 Å². The van der Waals surface area contributed by atoms with E-state index >= 15 is 0 Å². The molecule has 0 saturated carbocycles. The van der Waals surface area contributed by atoms with E-state index in [1.807, 2.05) is 81.4 Å². The Morgan fingerprint density at radius 1 is 1.03 bits per heavy atom. The zero-order valence-electron chi connectivity index (χ0n) is 20.7. The van der Waals surface area contributed by atoms with Gasteiger partial charge in [-0.05, 0) is 68.8 Å². The molecule has 36 heavy (non-hydrogen) atoms. The van der Waals surface area contributed by atoms with Gasteiger partial charge in [-0.2, -0.15) is 0 Å². The fraction of sp³-hybridized carbons (Fsp3) is 0.207. The van der Waals surface area contributed by atoms with Crippen molar-refractivity contribution in [3.8, 4) is 5.75 Å². The number of nitrogens with one attached hydrogen (secondary N) is 3. The van der Waals surface area contributed by atoms with Crippen LogP contribution in [0.2, 0.25) is 0 Å². The molecule has 0 unspecified atom stereocenters. The fourth-order valence-corrected chi connectivity index (χ4v) is 3.73. The Morgan fingerprint density at radius 2 is 1.81 bits per heavy atom. The minimum Gasteiger partial charge on any atom is -0.491 e. The van der Waals surface area contributed by atoms with Gasteiger partial charge in [0.2, 0.25) is 0 Å². The first-order valence-electron chi connectivity index (χ1n) is 12.0. The molecule has 0 fully saturated rings. The Bertz CT molecular complexity index is 1350. The zero-order valence-corrected chi connectivity index (χ0v) is 20.7. The summed E-state index contributed by atoms with van der Waals surface area (Å²) >= 11 is 0. The molecule has 0 aliphatic carbocycles. The molecule has 2 amide bonds. The highest BCUT2D eigenvalue weighted by Gasteiger charge is 2.15. The molecule has 0 aliphatic rings. The number of hydrogen-bond acceptors (Lipinski definition) is 4. The van der Waals surface area contributed by atoms with Crippen LogP contribution in [0, 0.1) is 6.92 Å². The Labute approximate surface area is 210 Å². The predicted octanol–water partition coefficient (Wildman–Crippen LogP) is 4.79. The fourth-order valence-electron chi connectivity index (χ4n) is 3.73. The van der Waals surface area contributed by atoms with E-state index in [2.05, 4.69) is 20.6 Å². The third-order valence-electron chi connectivity index (χ3n) is 5.42. The molecule has 3 aromatic carbocycles. The number of rotatable bonds is 9. The molecule has 4 aromatic rings. The standard InChI is InChI=1S/C29H30N4O3/c1-19(2)36-23-13-11-21(12-14-23)18-26(33-28(34)22-8-6-7-20(3)17-22)29(35)30-16-15-27-31-24-9-4-5-10-25(24)32-27/h4-14,17-19H,15-16H2,1-3H3,(H,30,35)(H,31,32)(H,33,34). The van der Waals surface area contributed by atoms with Crippen molar-refractivity contribution in [1.29, 1.82) is 0 Å². The van der Waals surface area contributed by atoms with Crippen LogP contribution in [0.4, 0.5) is 0 Å². The van der Waals surface area contributed by atoms with Crippen LogP contribution >= 0.6 is 0 Å².